The Morgan fingerprint density at radius 1 is 0.970 bits per heavy atom. The van der Waals surface area contributed by atoms with E-state index in [9.17, 15) is 9.59 Å². The first kappa shape index (κ1) is 22.3. The van der Waals surface area contributed by atoms with Gasteiger partial charge >= 0.3 is 0 Å². The summed E-state index contributed by atoms with van der Waals surface area (Å²) in [6.07, 6.45) is 0. The highest BCUT2D eigenvalue weighted by Gasteiger charge is 2.30. The predicted octanol–water partition coefficient (Wildman–Crippen LogP) is 2.40. The molecule has 0 saturated carbocycles. The first-order chi connectivity index (χ1) is 15.9. The first-order valence-electron chi connectivity index (χ1n) is 10.7. The molecule has 0 bridgehead atoms. The fourth-order valence-corrected chi connectivity index (χ4v) is 3.97. The van der Waals surface area contributed by atoms with Gasteiger partial charge in [0.05, 0.1) is 25.7 Å². The number of ketones is 1. The molecule has 9 nitrogen and oxygen atoms in total. The number of benzene rings is 2. The van der Waals surface area contributed by atoms with Crippen LogP contribution in [0.15, 0.2) is 42.5 Å². The van der Waals surface area contributed by atoms with Crippen LogP contribution in [-0.4, -0.2) is 67.0 Å². The highest BCUT2D eigenvalue weighted by molar-refractivity contribution is 6.09. The zero-order valence-electron chi connectivity index (χ0n) is 18.9. The summed E-state index contributed by atoms with van der Waals surface area (Å²) in [4.78, 5) is 38.4. The molecule has 2 heterocycles. The fraction of sp³-hybridized carbons (Fsp3) is 0.333. The summed E-state index contributed by atoms with van der Waals surface area (Å²) in [5.74, 6) is 0.886. The molecule has 1 unspecified atom stereocenters. The molecule has 0 radical (unpaired) electrons. The second-order valence-corrected chi connectivity index (χ2v) is 7.90. The number of ether oxygens (including phenoxy) is 2. The Hall–Kier alpha value is -3.88. The normalized spacial score (nSPS) is 14.8. The van der Waals surface area contributed by atoms with Crippen molar-refractivity contribution >= 4 is 34.4 Å². The quantitative estimate of drug-likeness (QED) is 0.451. The molecular formula is C24H27N5O4. The number of fused-ring (bicyclic) bond motifs is 1. The second kappa shape index (κ2) is 9.32. The van der Waals surface area contributed by atoms with Crippen LogP contribution < -0.4 is 20.1 Å². The van der Waals surface area contributed by atoms with Gasteiger partial charge in [0.2, 0.25) is 11.9 Å². The van der Waals surface area contributed by atoms with Crippen LogP contribution in [0.3, 0.4) is 0 Å². The maximum atomic E-state index is 12.9. The number of nitrogens with zero attached hydrogens (tertiary/aromatic N) is 4. The van der Waals surface area contributed by atoms with Crippen LogP contribution in [-0.2, 0) is 4.79 Å². The second-order valence-electron chi connectivity index (χ2n) is 7.90. The molecule has 2 aromatic carbocycles. The minimum atomic E-state index is -0.728. The molecule has 1 fully saturated rings. The zero-order valence-corrected chi connectivity index (χ0v) is 18.9. The van der Waals surface area contributed by atoms with Gasteiger partial charge in [-0.05, 0) is 13.0 Å². The number of anilines is 2. The highest BCUT2D eigenvalue weighted by Crippen LogP contribution is 2.34. The van der Waals surface area contributed by atoms with Crippen molar-refractivity contribution in [1.82, 2.24) is 14.9 Å². The molecule has 4 rings (SSSR count). The zero-order chi connectivity index (χ0) is 23.5. The van der Waals surface area contributed by atoms with Crippen molar-refractivity contribution in [3.63, 3.8) is 0 Å². The van der Waals surface area contributed by atoms with Crippen molar-refractivity contribution in [3.8, 4) is 11.5 Å². The SMILES string of the molecule is COc1cc2nc(N3CCN(C(=O)C(C)C(=O)c4ccccc4)CC3)nc(N)c2cc1OC. The summed E-state index contributed by atoms with van der Waals surface area (Å²) in [5, 5.41) is 0.679. The number of hydrogen-bond donors (Lipinski definition) is 1. The largest absolute Gasteiger partial charge is 0.493 e. The van der Waals surface area contributed by atoms with Crippen molar-refractivity contribution in [3.05, 3.63) is 48.0 Å². The van der Waals surface area contributed by atoms with Crippen LogP contribution in [0, 0.1) is 5.92 Å². The number of rotatable bonds is 6. The maximum Gasteiger partial charge on any atom is 0.233 e. The third kappa shape index (κ3) is 4.39. The lowest BCUT2D eigenvalue weighted by molar-refractivity contribution is -0.133. The molecule has 1 saturated heterocycles. The number of amides is 1. The Bertz CT molecular complexity index is 1180. The van der Waals surface area contributed by atoms with Gasteiger partial charge in [0.15, 0.2) is 17.3 Å². The van der Waals surface area contributed by atoms with Crippen LogP contribution in [0.1, 0.15) is 17.3 Å². The van der Waals surface area contributed by atoms with Crippen LogP contribution in [0.5, 0.6) is 11.5 Å². The molecule has 172 valence electrons. The number of carbonyl (C=O) groups is 2. The van der Waals surface area contributed by atoms with Gasteiger partial charge in [0.25, 0.3) is 0 Å². The van der Waals surface area contributed by atoms with Gasteiger partial charge in [-0.2, -0.15) is 4.98 Å². The first-order valence-corrected chi connectivity index (χ1v) is 10.7. The van der Waals surface area contributed by atoms with Crippen LogP contribution >= 0.6 is 0 Å². The number of Topliss-reactive ketones (excluding diaryl/α,β-unsaturated/α-hetero) is 1. The summed E-state index contributed by atoms with van der Waals surface area (Å²) >= 11 is 0. The fourth-order valence-electron chi connectivity index (χ4n) is 3.97. The lowest BCUT2D eigenvalue weighted by Crippen LogP contribution is -2.51. The van der Waals surface area contributed by atoms with Crippen molar-refractivity contribution in [1.29, 1.82) is 0 Å². The third-order valence-corrected chi connectivity index (χ3v) is 5.91. The van der Waals surface area contributed by atoms with E-state index in [1.54, 1.807) is 62.4 Å². The number of nitrogens with two attached hydrogens (primary N) is 1. The minimum Gasteiger partial charge on any atom is -0.493 e. The molecule has 1 amide bonds. The molecule has 1 aliphatic rings. The molecule has 9 heteroatoms. The molecule has 1 aromatic heterocycles. The summed E-state index contributed by atoms with van der Waals surface area (Å²) in [7, 11) is 3.12. The topological polar surface area (TPSA) is 111 Å². The number of hydrogen-bond acceptors (Lipinski definition) is 8. The van der Waals surface area contributed by atoms with E-state index in [-0.39, 0.29) is 11.7 Å². The van der Waals surface area contributed by atoms with Gasteiger partial charge < -0.3 is 25.0 Å². The number of nitrogen functional groups attached to an aromatic ring is 1. The monoisotopic (exact) mass is 449 g/mol. The van der Waals surface area contributed by atoms with Crippen LogP contribution in [0.2, 0.25) is 0 Å². The molecule has 33 heavy (non-hydrogen) atoms. The molecule has 1 atom stereocenters. The smallest absolute Gasteiger partial charge is 0.233 e. The minimum absolute atomic E-state index is 0.167. The van der Waals surface area contributed by atoms with E-state index in [4.69, 9.17) is 15.2 Å². The molecular weight excluding hydrogens is 422 g/mol. The van der Waals surface area contributed by atoms with Crippen molar-refractivity contribution in [2.24, 2.45) is 5.92 Å². The van der Waals surface area contributed by atoms with Gasteiger partial charge in [0, 0.05) is 43.2 Å². The summed E-state index contributed by atoms with van der Waals surface area (Å²) in [5.41, 5.74) is 7.40. The van der Waals surface area contributed by atoms with Gasteiger partial charge in [-0.1, -0.05) is 30.3 Å². The summed E-state index contributed by atoms with van der Waals surface area (Å²) in [6, 6.07) is 12.4. The lowest BCUT2D eigenvalue weighted by atomic mass is 9.98. The molecule has 2 N–H and O–H groups in total. The average Bonchev–Trinajstić information content (AvgIpc) is 2.87. The average molecular weight is 450 g/mol. The maximum absolute atomic E-state index is 12.9. The van der Waals surface area contributed by atoms with E-state index in [1.165, 1.54) is 0 Å². The van der Waals surface area contributed by atoms with Crippen molar-refractivity contribution < 1.29 is 19.1 Å². The standard InChI is InChI=1S/C24H27N5O4/c1-15(21(30)16-7-5-4-6-8-16)23(31)28-9-11-29(12-10-28)24-26-18-14-20(33-3)19(32-2)13-17(18)22(25)27-24/h4-8,13-15H,9-12H2,1-3H3,(H2,25,26,27). The number of piperazine rings is 1. The van der Waals surface area contributed by atoms with Gasteiger partial charge in [0.1, 0.15) is 5.82 Å². The predicted molar refractivity (Wildman–Crippen MR) is 126 cm³/mol. The van der Waals surface area contributed by atoms with Crippen molar-refractivity contribution in [2.75, 3.05) is 51.0 Å². The molecule has 1 aliphatic heterocycles. The Kier molecular flexibility index (Phi) is 6.30. The Labute approximate surface area is 192 Å². The lowest BCUT2D eigenvalue weighted by Gasteiger charge is -2.35. The Balaban J connectivity index is 1.47. The van der Waals surface area contributed by atoms with Gasteiger partial charge in [-0.15, -0.1) is 0 Å². The van der Waals surface area contributed by atoms with Crippen molar-refractivity contribution in [2.45, 2.75) is 6.92 Å². The molecule has 0 spiro atoms. The number of carbonyl (C=O) groups excluding carboxylic acids is 2. The Morgan fingerprint density at radius 3 is 2.24 bits per heavy atom. The number of methoxy groups -OCH3 is 2. The Morgan fingerprint density at radius 2 is 1.61 bits per heavy atom. The van der Waals surface area contributed by atoms with Crippen LogP contribution in [0.4, 0.5) is 11.8 Å². The number of aromatic nitrogens is 2. The summed E-state index contributed by atoms with van der Waals surface area (Å²) < 4.78 is 10.7. The molecule has 0 aliphatic carbocycles. The van der Waals surface area contributed by atoms with Gasteiger partial charge in [-0.3, -0.25) is 9.59 Å². The highest BCUT2D eigenvalue weighted by atomic mass is 16.5. The van der Waals surface area contributed by atoms with E-state index in [1.807, 2.05) is 11.0 Å². The summed E-state index contributed by atoms with van der Waals surface area (Å²) in [6.45, 7) is 3.68. The third-order valence-electron chi connectivity index (χ3n) is 5.91. The molecule has 3 aromatic rings. The van der Waals surface area contributed by atoms with E-state index in [0.29, 0.717) is 65.9 Å². The van der Waals surface area contributed by atoms with E-state index < -0.39 is 5.92 Å². The van der Waals surface area contributed by atoms with E-state index in [0.717, 1.165) is 0 Å². The van der Waals surface area contributed by atoms with Crippen LogP contribution in [0.25, 0.3) is 10.9 Å². The van der Waals surface area contributed by atoms with E-state index >= 15 is 0 Å². The van der Waals surface area contributed by atoms with Gasteiger partial charge in [-0.25, -0.2) is 4.98 Å². The van der Waals surface area contributed by atoms with E-state index in [2.05, 4.69) is 9.97 Å².